The van der Waals surface area contributed by atoms with E-state index < -0.39 is 0 Å². The van der Waals surface area contributed by atoms with E-state index in [9.17, 15) is 4.79 Å². The summed E-state index contributed by atoms with van der Waals surface area (Å²) in [6.45, 7) is 2.50. The van der Waals surface area contributed by atoms with E-state index >= 15 is 0 Å². The van der Waals surface area contributed by atoms with Gasteiger partial charge in [0.15, 0.2) is 5.65 Å². The first-order chi connectivity index (χ1) is 10.7. The van der Waals surface area contributed by atoms with E-state index in [1.807, 2.05) is 6.07 Å². The first-order valence-corrected chi connectivity index (χ1v) is 8.44. The van der Waals surface area contributed by atoms with Crippen LogP contribution in [-0.2, 0) is 11.3 Å². The van der Waals surface area contributed by atoms with Gasteiger partial charge in [-0.1, -0.05) is 0 Å². The maximum atomic E-state index is 12.3. The topological polar surface area (TPSA) is 82.7 Å². The number of hydrogen-bond donors (Lipinski definition) is 3. The summed E-state index contributed by atoms with van der Waals surface area (Å²) in [5, 5.41) is 6.38. The van der Waals surface area contributed by atoms with Gasteiger partial charge in [-0.2, -0.15) is 0 Å². The Bertz CT molecular complexity index is 732. The fourth-order valence-electron chi connectivity index (χ4n) is 3.50. The second-order valence-corrected chi connectivity index (χ2v) is 7.21. The molecule has 1 atom stereocenters. The Balaban J connectivity index is 0.00000104. The second kappa shape index (κ2) is 7.56. The molecule has 3 N–H and O–H groups in total. The number of carbonyl (C=O) groups excluding carboxylic acids is 1. The number of aromatic amines is 1. The summed E-state index contributed by atoms with van der Waals surface area (Å²) in [4.78, 5) is 24.2. The monoisotopic (exact) mass is 435 g/mol. The normalized spacial score (nSPS) is 21.0. The number of nitrogens with one attached hydrogen (secondary N) is 3. The van der Waals surface area contributed by atoms with Crippen molar-refractivity contribution in [2.24, 2.45) is 11.3 Å². The van der Waals surface area contributed by atoms with Gasteiger partial charge in [0.25, 0.3) is 0 Å². The number of pyridine rings is 1. The summed E-state index contributed by atoms with van der Waals surface area (Å²) in [5.74, 6) is 1.09. The second-order valence-electron chi connectivity index (χ2n) is 6.30. The molecule has 132 valence electrons. The highest BCUT2D eigenvalue weighted by molar-refractivity contribution is 9.10. The van der Waals surface area contributed by atoms with Crippen LogP contribution in [0.2, 0.25) is 0 Å². The van der Waals surface area contributed by atoms with Crippen molar-refractivity contribution in [3.63, 3.8) is 0 Å². The van der Waals surface area contributed by atoms with Crippen LogP contribution in [0.5, 0.6) is 0 Å². The average Bonchev–Trinajstić information content (AvgIpc) is 3.05. The number of nitrogens with zero attached hydrogens (tertiary/aromatic N) is 2. The van der Waals surface area contributed by atoms with Gasteiger partial charge in [-0.3, -0.25) is 4.79 Å². The molecule has 6 nitrogen and oxygen atoms in total. The summed E-state index contributed by atoms with van der Waals surface area (Å²) in [6, 6.07) is 1.94. The zero-order valence-electron chi connectivity index (χ0n) is 13.0. The van der Waals surface area contributed by atoms with Gasteiger partial charge >= 0.3 is 0 Å². The molecule has 4 rings (SSSR count). The Morgan fingerprint density at radius 2 is 2.12 bits per heavy atom. The van der Waals surface area contributed by atoms with Crippen LogP contribution in [0, 0.1) is 11.3 Å². The van der Waals surface area contributed by atoms with Crippen molar-refractivity contribution < 1.29 is 4.79 Å². The standard InChI is InChI=1S/C15H18BrN5O.2ClH/c16-9-5-11-13(18-7-9)21-12(20-11)8-19-14(22)10-6-15(10)1-3-17-4-2-15;;/h5,7,10,17H,1-4,6,8H2,(H,19,22)(H,18,20,21);2*1H. The van der Waals surface area contributed by atoms with Gasteiger partial charge in [0.1, 0.15) is 5.82 Å². The number of piperidine rings is 1. The molecule has 2 aromatic rings. The lowest BCUT2D eigenvalue weighted by atomic mass is 9.92. The molecule has 1 saturated carbocycles. The Morgan fingerprint density at radius 3 is 2.88 bits per heavy atom. The molecule has 1 spiro atoms. The van der Waals surface area contributed by atoms with Crippen molar-refractivity contribution in [3.8, 4) is 0 Å². The minimum Gasteiger partial charge on any atom is -0.349 e. The van der Waals surface area contributed by atoms with Crippen LogP contribution in [0.4, 0.5) is 0 Å². The minimum absolute atomic E-state index is 0. The van der Waals surface area contributed by atoms with Gasteiger partial charge in [0.05, 0.1) is 12.1 Å². The van der Waals surface area contributed by atoms with E-state index in [1.54, 1.807) is 6.20 Å². The molecule has 1 aliphatic heterocycles. The zero-order valence-corrected chi connectivity index (χ0v) is 16.2. The van der Waals surface area contributed by atoms with Gasteiger partial charge in [-0.05, 0) is 59.8 Å². The maximum Gasteiger partial charge on any atom is 0.224 e. The van der Waals surface area contributed by atoms with Crippen molar-refractivity contribution in [1.82, 2.24) is 25.6 Å². The Labute approximate surface area is 160 Å². The van der Waals surface area contributed by atoms with Crippen LogP contribution >= 0.6 is 40.7 Å². The van der Waals surface area contributed by atoms with E-state index in [-0.39, 0.29) is 42.1 Å². The predicted molar refractivity (Wildman–Crippen MR) is 101 cm³/mol. The highest BCUT2D eigenvalue weighted by Gasteiger charge is 2.57. The summed E-state index contributed by atoms with van der Waals surface area (Å²) in [5.41, 5.74) is 1.82. The molecule has 0 radical (unpaired) electrons. The van der Waals surface area contributed by atoms with Crippen LogP contribution in [0.1, 0.15) is 25.1 Å². The molecule has 9 heteroatoms. The zero-order chi connectivity index (χ0) is 15.2. The van der Waals surface area contributed by atoms with Gasteiger partial charge in [0.2, 0.25) is 5.91 Å². The lowest BCUT2D eigenvalue weighted by molar-refractivity contribution is -0.123. The van der Waals surface area contributed by atoms with Crippen molar-refractivity contribution in [2.75, 3.05) is 13.1 Å². The highest BCUT2D eigenvalue weighted by atomic mass is 79.9. The lowest BCUT2D eigenvalue weighted by Crippen LogP contribution is -2.33. The molecule has 0 bridgehead atoms. The summed E-state index contributed by atoms with van der Waals surface area (Å²) >= 11 is 3.39. The highest BCUT2D eigenvalue weighted by Crippen LogP contribution is 2.58. The molecule has 1 saturated heterocycles. The molecule has 1 unspecified atom stereocenters. The molecule has 24 heavy (non-hydrogen) atoms. The number of aromatic nitrogens is 3. The Kier molecular flexibility index (Phi) is 6.12. The largest absolute Gasteiger partial charge is 0.349 e. The smallest absolute Gasteiger partial charge is 0.224 e. The Hall–Kier alpha value is -0.890. The van der Waals surface area contributed by atoms with Gasteiger partial charge in [-0.15, -0.1) is 24.8 Å². The van der Waals surface area contributed by atoms with Crippen LogP contribution in [0.15, 0.2) is 16.7 Å². The number of imidazole rings is 1. The van der Waals surface area contributed by atoms with Crippen molar-refractivity contribution >= 4 is 57.8 Å². The predicted octanol–water partition coefficient (Wildman–Crippen LogP) is 2.57. The first kappa shape index (κ1) is 19.4. The van der Waals surface area contributed by atoms with Crippen molar-refractivity contribution in [2.45, 2.75) is 25.8 Å². The molecule has 0 aromatic carbocycles. The van der Waals surface area contributed by atoms with Crippen LogP contribution in [0.3, 0.4) is 0 Å². The molecule has 2 aliphatic rings. The molecule has 2 fully saturated rings. The summed E-state index contributed by atoms with van der Waals surface area (Å²) in [6.07, 6.45) is 4.99. The molecule has 3 heterocycles. The fraction of sp³-hybridized carbons (Fsp3) is 0.533. The number of H-pyrrole nitrogens is 1. The van der Waals surface area contributed by atoms with Crippen LogP contribution in [-0.4, -0.2) is 33.9 Å². The molecule has 1 amide bonds. The lowest BCUT2D eigenvalue weighted by Gasteiger charge is -2.23. The molecule has 2 aromatic heterocycles. The van der Waals surface area contributed by atoms with E-state index in [0.29, 0.717) is 12.2 Å². The van der Waals surface area contributed by atoms with Crippen LogP contribution in [0.25, 0.3) is 11.2 Å². The number of hydrogen-bond acceptors (Lipinski definition) is 4. The maximum absolute atomic E-state index is 12.3. The van der Waals surface area contributed by atoms with Gasteiger partial charge in [-0.25, -0.2) is 9.97 Å². The molecular weight excluding hydrogens is 417 g/mol. The third-order valence-corrected chi connectivity index (χ3v) is 5.32. The molecular formula is C15H20BrCl2N5O. The number of amides is 1. The number of fused-ring (bicyclic) bond motifs is 1. The quantitative estimate of drug-likeness (QED) is 0.690. The van der Waals surface area contributed by atoms with Crippen molar-refractivity contribution in [1.29, 1.82) is 0 Å². The SMILES string of the molecule is Cl.Cl.O=C(NCc1nc2ncc(Br)cc2[nH]1)C1CC12CCNCC2. The fourth-order valence-corrected chi connectivity index (χ4v) is 3.83. The molecule has 1 aliphatic carbocycles. The summed E-state index contributed by atoms with van der Waals surface area (Å²) in [7, 11) is 0. The number of carbonyl (C=O) groups is 1. The third-order valence-electron chi connectivity index (χ3n) is 4.89. The summed E-state index contributed by atoms with van der Waals surface area (Å²) < 4.78 is 0.907. The van der Waals surface area contributed by atoms with E-state index in [1.165, 1.54) is 0 Å². The van der Waals surface area contributed by atoms with Crippen molar-refractivity contribution in [3.05, 3.63) is 22.6 Å². The number of rotatable bonds is 3. The van der Waals surface area contributed by atoms with E-state index in [2.05, 4.69) is 41.5 Å². The number of halogens is 3. The Morgan fingerprint density at radius 1 is 1.38 bits per heavy atom. The van der Waals surface area contributed by atoms with Gasteiger partial charge in [0, 0.05) is 16.6 Å². The van der Waals surface area contributed by atoms with E-state index in [0.717, 1.165) is 48.2 Å². The minimum atomic E-state index is 0. The first-order valence-electron chi connectivity index (χ1n) is 7.65. The van der Waals surface area contributed by atoms with E-state index in [4.69, 9.17) is 0 Å². The average molecular weight is 437 g/mol. The third kappa shape index (κ3) is 3.69. The van der Waals surface area contributed by atoms with Crippen LogP contribution < -0.4 is 10.6 Å². The van der Waals surface area contributed by atoms with Gasteiger partial charge < -0.3 is 15.6 Å².